The van der Waals surface area contributed by atoms with Crippen molar-refractivity contribution < 1.29 is 27.6 Å². The van der Waals surface area contributed by atoms with Gasteiger partial charge in [0.2, 0.25) is 5.88 Å². The molecular weight excluding hydrogens is 417 g/mol. The number of alkyl halides is 3. The van der Waals surface area contributed by atoms with Gasteiger partial charge < -0.3 is 9.47 Å². The zero-order valence-electron chi connectivity index (χ0n) is 16.9. The monoisotopic (exact) mass is 436 g/mol. The van der Waals surface area contributed by atoms with Gasteiger partial charge in [-0.05, 0) is 30.5 Å². The molecule has 0 atom stereocenters. The van der Waals surface area contributed by atoms with E-state index in [1.165, 1.54) is 41.9 Å². The summed E-state index contributed by atoms with van der Waals surface area (Å²) in [5.74, 6) is -0.251. The van der Waals surface area contributed by atoms with Gasteiger partial charge in [0.25, 0.3) is 5.69 Å². The first kappa shape index (κ1) is 22.1. The van der Waals surface area contributed by atoms with E-state index in [1.807, 2.05) is 13.8 Å². The summed E-state index contributed by atoms with van der Waals surface area (Å²) in [6.07, 6.45) is -3.30. The Balaban J connectivity index is 1.96. The summed E-state index contributed by atoms with van der Waals surface area (Å²) in [5.41, 5.74) is 1.41. The number of rotatable bonds is 7. The van der Waals surface area contributed by atoms with Gasteiger partial charge in [0.15, 0.2) is 5.75 Å². The van der Waals surface area contributed by atoms with Gasteiger partial charge in [-0.2, -0.15) is 5.10 Å². The van der Waals surface area contributed by atoms with E-state index < -0.39 is 17.0 Å². The fourth-order valence-corrected chi connectivity index (χ4v) is 3.01. The largest absolute Gasteiger partial charge is 0.573 e. The van der Waals surface area contributed by atoms with Crippen LogP contribution in [0.4, 0.5) is 18.9 Å². The van der Waals surface area contributed by atoms with Crippen molar-refractivity contribution in [2.75, 3.05) is 0 Å². The van der Waals surface area contributed by atoms with Crippen LogP contribution in [0.1, 0.15) is 36.7 Å². The lowest BCUT2D eigenvalue weighted by molar-refractivity contribution is -0.385. The maximum absolute atomic E-state index is 12.8. The molecule has 2 heterocycles. The van der Waals surface area contributed by atoms with Crippen LogP contribution < -0.4 is 9.47 Å². The van der Waals surface area contributed by atoms with Gasteiger partial charge in [-0.3, -0.25) is 10.1 Å². The molecular formula is C20H19F3N4O4. The molecule has 0 unspecified atom stereocenters. The predicted molar refractivity (Wildman–Crippen MR) is 104 cm³/mol. The van der Waals surface area contributed by atoms with Crippen LogP contribution in [0.5, 0.6) is 11.6 Å². The second-order valence-electron chi connectivity index (χ2n) is 6.93. The van der Waals surface area contributed by atoms with E-state index >= 15 is 0 Å². The molecule has 3 rings (SSSR count). The maximum atomic E-state index is 12.8. The standard InChI is InChI=1S/C20H19F3N4O4/c1-12(2)14-10-24-26(16-6-4-5-7-18(16)31-20(21,22)23)17(14)11-30-19-9-8-15(27(28)29)13(3)25-19/h4-10,12H,11H2,1-3H3. The number of nitro groups is 1. The number of benzene rings is 1. The van der Waals surface area contributed by atoms with E-state index in [-0.39, 0.29) is 35.5 Å². The highest BCUT2D eigenvalue weighted by Crippen LogP contribution is 2.32. The molecule has 11 heteroatoms. The number of halogens is 3. The fraction of sp³-hybridized carbons (Fsp3) is 0.300. The Labute approximate surface area is 175 Å². The summed E-state index contributed by atoms with van der Waals surface area (Å²) in [7, 11) is 0. The highest BCUT2D eigenvalue weighted by Gasteiger charge is 2.32. The van der Waals surface area contributed by atoms with Crippen LogP contribution in [-0.2, 0) is 6.61 Å². The van der Waals surface area contributed by atoms with E-state index in [4.69, 9.17) is 4.74 Å². The molecule has 0 saturated carbocycles. The summed E-state index contributed by atoms with van der Waals surface area (Å²) in [4.78, 5) is 14.5. The Kier molecular flexibility index (Phi) is 6.14. The Morgan fingerprint density at radius 3 is 2.52 bits per heavy atom. The Morgan fingerprint density at radius 2 is 1.90 bits per heavy atom. The van der Waals surface area contributed by atoms with Crippen LogP contribution in [0.15, 0.2) is 42.6 Å². The molecule has 0 amide bonds. The highest BCUT2D eigenvalue weighted by molar-refractivity contribution is 5.48. The Bertz CT molecular complexity index is 1100. The molecule has 1 aromatic carbocycles. The third kappa shape index (κ3) is 5.11. The van der Waals surface area contributed by atoms with Gasteiger partial charge in [-0.1, -0.05) is 26.0 Å². The minimum absolute atomic E-state index is 0.00889. The zero-order valence-corrected chi connectivity index (χ0v) is 16.9. The number of hydrogen-bond acceptors (Lipinski definition) is 6. The molecule has 8 nitrogen and oxygen atoms in total. The van der Waals surface area contributed by atoms with Crippen LogP contribution in [0.2, 0.25) is 0 Å². The smallest absolute Gasteiger partial charge is 0.471 e. The molecule has 0 aliphatic heterocycles. The fourth-order valence-electron chi connectivity index (χ4n) is 3.01. The van der Waals surface area contributed by atoms with Crippen LogP contribution in [-0.4, -0.2) is 26.1 Å². The average Bonchev–Trinajstić information content (AvgIpc) is 3.09. The van der Waals surface area contributed by atoms with Gasteiger partial charge in [0, 0.05) is 12.1 Å². The van der Waals surface area contributed by atoms with Crippen LogP contribution in [0.25, 0.3) is 5.69 Å². The number of hydrogen-bond donors (Lipinski definition) is 0. The van der Waals surface area contributed by atoms with Crippen LogP contribution in [0.3, 0.4) is 0 Å². The van der Waals surface area contributed by atoms with Gasteiger partial charge in [-0.25, -0.2) is 9.67 Å². The van der Waals surface area contributed by atoms with Gasteiger partial charge in [0.1, 0.15) is 18.0 Å². The normalized spacial score (nSPS) is 11.6. The van der Waals surface area contributed by atoms with Gasteiger partial charge in [0.05, 0.1) is 16.8 Å². The highest BCUT2D eigenvalue weighted by atomic mass is 19.4. The molecule has 0 spiro atoms. The topological polar surface area (TPSA) is 92.3 Å². The number of nitrogens with zero attached hydrogens (tertiary/aromatic N) is 4. The van der Waals surface area contributed by atoms with E-state index in [2.05, 4.69) is 14.8 Å². The minimum atomic E-state index is -4.86. The van der Waals surface area contributed by atoms with E-state index in [9.17, 15) is 23.3 Å². The number of ether oxygens (including phenoxy) is 2. The first-order chi connectivity index (χ1) is 14.6. The second-order valence-corrected chi connectivity index (χ2v) is 6.93. The van der Waals surface area contributed by atoms with Crippen molar-refractivity contribution in [3.63, 3.8) is 0 Å². The lowest BCUT2D eigenvalue weighted by Crippen LogP contribution is -2.19. The lowest BCUT2D eigenvalue weighted by Gasteiger charge is -2.16. The Morgan fingerprint density at radius 1 is 1.19 bits per heavy atom. The average molecular weight is 436 g/mol. The molecule has 0 N–H and O–H groups in total. The van der Waals surface area contributed by atoms with Crippen molar-refractivity contribution in [3.8, 4) is 17.3 Å². The summed E-state index contributed by atoms with van der Waals surface area (Å²) < 4.78 is 49.7. The molecule has 0 radical (unpaired) electrons. The quantitative estimate of drug-likeness (QED) is 0.379. The Hall–Kier alpha value is -3.63. The molecule has 0 bridgehead atoms. The van der Waals surface area contributed by atoms with E-state index in [0.717, 1.165) is 5.56 Å². The summed E-state index contributed by atoms with van der Waals surface area (Å²) in [6.45, 7) is 5.24. The van der Waals surface area contributed by atoms with Crippen molar-refractivity contribution in [2.45, 2.75) is 39.7 Å². The van der Waals surface area contributed by atoms with Crippen LogP contribution >= 0.6 is 0 Å². The van der Waals surface area contributed by atoms with Crippen molar-refractivity contribution in [3.05, 3.63) is 69.7 Å². The summed E-state index contributed by atoms with van der Waals surface area (Å²) >= 11 is 0. The molecule has 0 aliphatic rings. The molecule has 31 heavy (non-hydrogen) atoms. The number of aromatic nitrogens is 3. The SMILES string of the molecule is Cc1nc(OCc2c(C(C)C)cnn2-c2ccccc2OC(F)(F)F)ccc1[N+](=O)[O-]. The van der Waals surface area contributed by atoms with Crippen LogP contribution in [0, 0.1) is 17.0 Å². The van der Waals surface area contributed by atoms with Crippen molar-refractivity contribution in [1.82, 2.24) is 14.8 Å². The van der Waals surface area contributed by atoms with E-state index in [0.29, 0.717) is 5.69 Å². The number of para-hydroxylation sites is 2. The predicted octanol–water partition coefficient (Wildman–Crippen LogP) is 5.08. The lowest BCUT2D eigenvalue weighted by atomic mass is 10.0. The molecule has 2 aromatic heterocycles. The summed E-state index contributed by atoms with van der Waals surface area (Å²) in [6, 6.07) is 8.30. The third-order valence-corrected chi connectivity index (χ3v) is 4.43. The number of pyridine rings is 1. The molecule has 0 aliphatic carbocycles. The van der Waals surface area contributed by atoms with Gasteiger partial charge >= 0.3 is 6.36 Å². The summed E-state index contributed by atoms with van der Waals surface area (Å²) in [5, 5.41) is 15.2. The van der Waals surface area contributed by atoms with Crippen molar-refractivity contribution in [2.24, 2.45) is 0 Å². The maximum Gasteiger partial charge on any atom is 0.573 e. The molecule has 0 fully saturated rings. The first-order valence-corrected chi connectivity index (χ1v) is 9.23. The van der Waals surface area contributed by atoms with Crippen molar-refractivity contribution >= 4 is 5.69 Å². The van der Waals surface area contributed by atoms with E-state index in [1.54, 1.807) is 12.3 Å². The first-order valence-electron chi connectivity index (χ1n) is 9.23. The second kappa shape index (κ2) is 8.62. The molecule has 3 aromatic rings. The van der Waals surface area contributed by atoms with Gasteiger partial charge in [-0.15, -0.1) is 13.2 Å². The third-order valence-electron chi connectivity index (χ3n) is 4.43. The van der Waals surface area contributed by atoms with Crippen molar-refractivity contribution in [1.29, 1.82) is 0 Å². The molecule has 164 valence electrons. The zero-order chi connectivity index (χ0) is 22.8. The minimum Gasteiger partial charge on any atom is -0.471 e. The molecule has 0 saturated heterocycles. The number of aryl methyl sites for hydroxylation is 1.